The molecule has 7 heterocycles. The average Bonchev–Trinajstić information content (AvgIpc) is 1.16. The Kier molecular flexibility index (Phi) is 24.7. The van der Waals surface area contributed by atoms with Gasteiger partial charge in [0.1, 0.15) is 63.1 Å². The molecule has 2 saturated carbocycles. The van der Waals surface area contributed by atoms with E-state index in [1.54, 1.807) is 49.0 Å². The smallest absolute Gasteiger partial charge is 0.217 e. The Morgan fingerprint density at radius 2 is 0.675 bits per heavy atom. The number of aryl methyl sites for hydroxylation is 9. The van der Waals surface area contributed by atoms with Crippen molar-refractivity contribution in [3.05, 3.63) is 268 Å². The Morgan fingerprint density at radius 3 is 1.04 bits per heavy atom. The number of pyridine rings is 4. The fraction of sp³-hybridized carbons (Fsp3) is 0.351. The number of halogens is 4. The Balaban J connectivity index is 0.000000144. The highest BCUT2D eigenvalue weighted by Gasteiger charge is 2.31. The minimum Gasteiger partial charge on any atom is -0.217 e. The molecule has 0 atom stereocenters. The fourth-order valence-electron chi connectivity index (χ4n) is 15.2. The molecule has 2 aliphatic rings. The van der Waals surface area contributed by atoms with Gasteiger partial charge in [0.15, 0.2) is 65.5 Å². The van der Waals surface area contributed by atoms with Gasteiger partial charge in [0.25, 0.3) is 0 Å². The van der Waals surface area contributed by atoms with Crippen molar-refractivity contribution in [2.75, 3.05) is 0 Å². The predicted molar refractivity (Wildman–Crippen MR) is 448 cm³/mol. The van der Waals surface area contributed by atoms with E-state index in [1.165, 1.54) is 54.8 Å². The molecule has 7 aromatic heterocycles. The average molecular weight is 1540 g/mol. The molecule has 17 heteroatoms. The maximum Gasteiger partial charge on any atom is 0.248 e. The number of nitrogens with zero attached hydrogens (tertiary/aromatic N) is 13. The summed E-state index contributed by atoms with van der Waals surface area (Å²) in [5, 5.41) is 2.35. The van der Waals surface area contributed by atoms with Gasteiger partial charge in [-0.15, -0.1) is 0 Å². The number of aromatic nitrogens is 13. The molecular formula is C97H109F4N13+4. The number of rotatable bonds is 15. The minimum absolute atomic E-state index is 0.122. The van der Waals surface area contributed by atoms with Crippen molar-refractivity contribution < 1.29 is 39.9 Å². The van der Waals surface area contributed by atoms with Gasteiger partial charge < -0.3 is 0 Å². The molecule has 6 aromatic carbocycles. The zero-order valence-corrected chi connectivity index (χ0v) is 69.3. The van der Waals surface area contributed by atoms with Crippen molar-refractivity contribution in [2.45, 2.75) is 197 Å². The van der Waals surface area contributed by atoms with E-state index in [-0.39, 0.29) is 46.7 Å². The molecule has 0 bridgehead atoms. The van der Waals surface area contributed by atoms with Gasteiger partial charge in [-0.1, -0.05) is 198 Å². The van der Waals surface area contributed by atoms with Crippen LogP contribution < -0.4 is 18.3 Å². The van der Waals surface area contributed by atoms with Crippen molar-refractivity contribution in [2.24, 2.45) is 28.2 Å². The molecule has 0 unspecified atom stereocenters. The van der Waals surface area contributed by atoms with Crippen molar-refractivity contribution in [1.82, 2.24) is 44.9 Å². The van der Waals surface area contributed by atoms with Crippen LogP contribution in [-0.4, -0.2) is 44.9 Å². The lowest BCUT2D eigenvalue weighted by Gasteiger charge is -2.14. The highest BCUT2D eigenvalue weighted by molar-refractivity contribution is 5.87. The van der Waals surface area contributed by atoms with Crippen LogP contribution in [0.25, 0.3) is 101 Å². The van der Waals surface area contributed by atoms with Crippen molar-refractivity contribution >= 4 is 10.8 Å². The molecule has 2 fully saturated rings. The standard InChI is InChI=1S/C26H30FN4.C25H32FN4.C23H28FN4.C23H19FN/c1-17-9-3-8-14-21(17)23-22(27)15-20(16-31(23)2)26-29-24(18-10-4-5-11-18)28-25(30-26)19-12-6-7-13-19;1-14(2)18-9-10-20(17(7)11-18)22-21(26)12-19(13-30(22)8)25-28-23(15(3)4)27-24(29-25)16(5)6;1-13(2)21-25-22(14(3)4)27-23(26-21)17-11-19(24)20(28(7)12-17)18-9-8-15(5)10-16(18)6;1-16-7-3-6-10-21(16)23-22(24)14-20(15-25(23)2)19-12-11-17-8-4-5-9-18(17)13-19/h3,8-9,14-16,18-19H,4-7,10-13H2,1-2H3;9-16H,1-8H3;8-14H,1-7H3;3-15H,1-2H3/q4*+1/i;;5D3;. The number of fused-ring (bicyclic) bond motifs is 1. The first-order valence-corrected chi connectivity index (χ1v) is 40.1. The summed E-state index contributed by atoms with van der Waals surface area (Å²) < 4.78 is 91.0. The van der Waals surface area contributed by atoms with Crippen LogP contribution in [0.3, 0.4) is 0 Å². The Bertz CT molecular complexity index is 5610. The normalized spacial score (nSPS) is 13.6. The molecule has 0 amide bonds. The van der Waals surface area contributed by atoms with E-state index in [0.717, 1.165) is 104 Å². The van der Waals surface area contributed by atoms with Gasteiger partial charge in [0.2, 0.25) is 22.8 Å². The summed E-state index contributed by atoms with van der Waals surface area (Å²) in [4.78, 5) is 42.1. The van der Waals surface area contributed by atoms with Gasteiger partial charge in [0.05, 0.1) is 38.9 Å². The van der Waals surface area contributed by atoms with Crippen molar-refractivity contribution in [3.8, 4) is 90.3 Å². The van der Waals surface area contributed by atoms with Gasteiger partial charge in [0, 0.05) is 45.2 Å². The van der Waals surface area contributed by atoms with E-state index in [9.17, 15) is 4.39 Å². The first-order chi connectivity index (χ1) is 55.7. The lowest BCUT2D eigenvalue weighted by Crippen LogP contribution is -2.32. The Hall–Kier alpha value is -11.1. The molecule has 114 heavy (non-hydrogen) atoms. The fourth-order valence-corrected chi connectivity index (χ4v) is 15.2. The molecule has 0 N–H and O–H groups in total. The molecular weight excluding hydrogens is 1420 g/mol. The third-order valence-corrected chi connectivity index (χ3v) is 21.6. The molecule has 15 rings (SSSR count). The second kappa shape index (κ2) is 36.0. The topological polar surface area (TPSA) is 132 Å². The van der Waals surface area contributed by atoms with Crippen LogP contribution in [0.2, 0.25) is 0 Å². The summed E-state index contributed by atoms with van der Waals surface area (Å²) in [6.07, 6.45) is 17.1. The van der Waals surface area contributed by atoms with Gasteiger partial charge >= 0.3 is 0 Å². The van der Waals surface area contributed by atoms with Gasteiger partial charge in [-0.3, -0.25) is 0 Å². The van der Waals surface area contributed by atoms with Crippen LogP contribution in [0.1, 0.15) is 234 Å². The zero-order valence-electron chi connectivity index (χ0n) is 72.3. The first kappa shape index (κ1) is 78.2. The summed E-state index contributed by atoms with van der Waals surface area (Å²) in [6.45, 7) is 26.2. The van der Waals surface area contributed by atoms with Gasteiger partial charge in [-0.05, 0) is 165 Å². The van der Waals surface area contributed by atoms with E-state index in [4.69, 9.17) is 19.1 Å². The van der Waals surface area contributed by atoms with E-state index in [0.29, 0.717) is 91.9 Å². The molecule has 2 aliphatic carbocycles. The number of benzene rings is 6. The third kappa shape index (κ3) is 18.9. The second-order valence-corrected chi connectivity index (χ2v) is 32.3. The minimum atomic E-state index is -2.20. The number of hydrogen-bond acceptors (Lipinski definition) is 9. The maximum absolute atomic E-state index is 15.4. The lowest BCUT2D eigenvalue weighted by molar-refractivity contribution is -0.661. The molecule has 586 valence electrons. The monoisotopic (exact) mass is 1530 g/mol. The quantitative estimate of drug-likeness (QED) is 0.0727. The highest BCUT2D eigenvalue weighted by Crippen LogP contribution is 2.39. The van der Waals surface area contributed by atoms with Crippen LogP contribution in [0.5, 0.6) is 0 Å². The largest absolute Gasteiger partial charge is 0.248 e. The summed E-state index contributed by atoms with van der Waals surface area (Å²) >= 11 is 0. The molecule has 0 saturated heterocycles. The molecule has 0 aliphatic heterocycles. The first-order valence-electron chi connectivity index (χ1n) is 41.6. The van der Waals surface area contributed by atoms with Gasteiger partial charge in [-0.2, -0.15) is 35.8 Å². The van der Waals surface area contributed by atoms with Crippen LogP contribution in [0.15, 0.2) is 176 Å². The van der Waals surface area contributed by atoms with Crippen LogP contribution in [0.4, 0.5) is 17.6 Å². The highest BCUT2D eigenvalue weighted by atomic mass is 19.1. The molecule has 13 aromatic rings. The van der Waals surface area contributed by atoms with Crippen molar-refractivity contribution in [1.29, 1.82) is 0 Å². The third-order valence-electron chi connectivity index (χ3n) is 21.6. The summed E-state index contributed by atoms with van der Waals surface area (Å²) in [5.74, 6) is 6.89. The zero-order chi connectivity index (χ0) is 84.0. The number of hydrogen-bond donors (Lipinski definition) is 0. The predicted octanol–water partition coefficient (Wildman–Crippen LogP) is 22.1. The SMILES string of the molecule is Cc1cc(C(C)C)ccc1-c1c(F)cc(-c2nc(C(C)C)nc(C(C)C)n2)c[n+]1C.Cc1ccccc1-c1c(F)cc(-c2ccc3ccccc3c2)c[n+]1C.Cc1ccccc1-c1c(F)cc(-c2nc(C3CCCC3)nc(C3CCCC3)n2)c[n+]1C.[2H]C([2H])([2H])c1ccc(-c2c(F)cc(-c3nc(C(C)C)nc(C(C)C)n3)c[n+]2C)c(C)c1. The Labute approximate surface area is 675 Å². The lowest BCUT2D eigenvalue weighted by atomic mass is 9.96. The molecule has 0 spiro atoms. The van der Waals surface area contributed by atoms with E-state index in [1.807, 2.05) is 175 Å². The second-order valence-electron chi connectivity index (χ2n) is 32.3. The Morgan fingerprint density at radius 1 is 0.325 bits per heavy atom. The summed E-state index contributed by atoms with van der Waals surface area (Å²) in [5.41, 5.74) is 14.7. The van der Waals surface area contributed by atoms with Crippen LogP contribution in [-0.2, 0) is 28.2 Å². The van der Waals surface area contributed by atoms with Crippen LogP contribution in [0, 0.1) is 57.8 Å². The molecule has 0 radical (unpaired) electrons. The maximum atomic E-state index is 15.4. The summed E-state index contributed by atoms with van der Waals surface area (Å²) in [6, 6.07) is 47.4. The van der Waals surface area contributed by atoms with Gasteiger partial charge in [-0.25, -0.2) is 44.9 Å². The van der Waals surface area contributed by atoms with E-state index < -0.39 is 12.7 Å². The van der Waals surface area contributed by atoms with Crippen molar-refractivity contribution in [3.63, 3.8) is 0 Å². The molecule has 13 nitrogen and oxygen atoms in total. The van der Waals surface area contributed by atoms with E-state index in [2.05, 4.69) is 108 Å². The summed E-state index contributed by atoms with van der Waals surface area (Å²) in [7, 11) is 7.42. The van der Waals surface area contributed by atoms with Crippen LogP contribution >= 0.6 is 0 Å². The van der Waals surface area contributed by atoms with E-state index >= 15 is 13.2 Å².